The van der Waals surface area contributed by atoms with Gasteiger partial charge in [0.2, 0.25) is 0 Å². The van der Waals surface area contributed by atoms with E-state index in [1.165, 1.54) is 12.0 Å². The molecule has 5 nitrogen and oxygen atoms in total. The first kappa shape index (κ1) is 18.9. The van der Waals surface area contributed by atoms with Gasteiger partial charge in [-0.2, -0.15) is 0 Å². The number of hydrogen-bond acceptors (Lipinski definition) is 6. The van der Waals surface area contributed by atoms with E-state index in [2.05, 4.69) is 26.7 Å². The number of carbonyl (C=O) groups is 1. The number of carbonyl (C=O) groups excluding carboxylic acids is 1. The number of likely N-dealkylation sites (N-methyl/N-ethyl adjacent to an activating group) is 1. The van der Waals surface area contributed by atoms with Crippen LogP contribution in [-0.4, -0.2) is 49.4 Å². The first-order valence-corrected chi connectivity index (χ1v) is 9.01. The molecule has 0 radical (unpaired) electrons. The summed E-state index contributed by atoms with van der Waals surface area (Å²) in [7, 11) is 3.29. The van der Waals surface area contributed by atoms with Gasteiger partial charge in [-0.1, -0.05) is 6.07 Å². The highest BCUT2D eigenvalue weighted by molar-refractivity contribution is 9.11. The number of aliphatic hydroxyl groups is 1. The van der Waals surface area contributed by atoms with Crippen molar-refractivity contribution in [3.8, 4) is 5.75 Å². The van der Waals surface area contributed by atoms with Gasteiger partial charge in [-0.15, -0.1) is 11.3 Å². The third kappa shape index (κ3) is 5.90. The van der Waals surface area contributed by atoms with Crippen molar-refractivity contribution in [1.29, 1.82) is 0 Å². The summed E-state index contributed by atoms with van der Waals surface area (Å²) in [5.41, 5.74) is 0.421. The molecule has 1 N–H and O–H groups in total. The van der Waals surface area contributed by atoms with E-state index in [0.29, 0.717) is 17.9 Å². The number of ether oxygens (including phenoxy) is 2. The van der Waals surface area contributed by atoms with Gasteiger partial charge < -0.3 is 14.6 Å². The van der Waals surface area contributed by atoms with Gasteiger partial charge in [-0.3, -0.25) is 4.90 Å². The average Bonchev–Trinajstić information content (AvgIpc) is 2.97. The first-order chi connectivity index (χ1) is 11.5. The lowest BCUT2D eigenvalue weighted by molar-refractivity contribution is 0.0599. The molecule has 2 aromatic rings. The standard InChI is InChI=1S/C17H20BrNO4S/c1-19(10-15-6-7-16(18)24-15)9-13(20)11-23-14-5-3-4-12(8-14)17(21)22-2/h3-8,13,20H,9-11H2,1-2H3/t13-/m0/s1. The van der Waals surface area contributed by atoms with E-state index in [9.17, 15) is 9.90 Å². The minimum Gasteiger partial charge on any atom is -0.491 e. The Morgan fingerprint density at radius 1 is 1.38 bits per heavy atom. The second-order valence-corrected chi connectivity index (χ2v) is 7.93. The molecule has 0 aliphatic rings. The van der Waals surface area contributed by atoms with Crippen LogP contribution in [0, 0.1) is 0 Å². The van der Waals surface area contributed by atoms with Crippen LogP contribution in [0.5, 0.6) is 5.75 Å². The van der Waals surface area contributed by atoms with Crippen molar-refractivity contribution >= 4 is 33.2 Å². The first-order valence-electron chi connectivity index (χ1n) is 7.40. The summed E-state index contributed by atoms with van der Waals surface area (Å²) in [6, 6.07) is 10.8. The van der Waals surface area contributed by atoms with Crippen molar-refractivity contribution in [3.05, 3.63) is 50.6 Å². The molecule has 0 spiro atoms. The quantitative estimate of drug-likeness (QED) is 0.673. The third-order valence-electron chi connectivity index (χ3n) is 3.27. The van der Waals surface area contributed by atoms with Crippen LogP contribution in [0.2, 0.25) is 0 Å². The molecule has 1 heterocycles. The van der Waals surface area contributed by atoms with E-state index in [1.54, 1.807) is 35.6 Å². The Bertz CT molecular complexity index is 676. The minimum absolute atomic E-state index is 0.156. The molecule has 1 atom stereocenters. The molecule has 0 bridgehead atoms. The van der Waals surface area contributed by atoms with Crippen LogP contribution >= 0.6 is 27.3 Å². The van der Waals surface area contributed by atoms with Crippen molar-refractivity contribution in [2.45, 2.75) is 12.6 Å². The predicted molar refractivity (Wildman–Crippen MR) is 97.6 cm³/mol. The lowest BCUT2D eigenvalue weighted by Gasteiger charge is -2.20. The number of methoxy groups -OCH3 is 1. The molecule has 130 valence electrons. The Labute approximate surface area is 153 Å². The van der Waals surface area contributed by atoms with Crippen LogP contribution in [0.15, 0.2) is 40.2 Å². The summed E-state index contributed by atoms with van der Waals surface area (Å²) >= 11 is 5.12. The van der Waals surface area contributed by atoms with Crippen molar-refractivity contribution in [3.63, 3.8) is 0 Å². The highest BCUT2D eigenvalue weighted by Crippen LogP contribution is 2.23. The van der Waals surface area contributed by atoms with E-state index in [1.807, 2.05) is 18.0 Å². The van der Waals surface area contributed by atoms with Crippen LogP contribution in [-0.2, 0) is 11.3 Å². The number of aliphatic hydroxyl groups excluding tert-OH is 1. The number of rotatable bonds is 8. The Balaban J connectivity index is 1.80. The molecule has 1 aromatic heterocycles. The van der Waals surface area contributed by atoms with Crippen molar-refractivity contribution < 1.29 is 19.4 Å². The molecule has 0 aliphatic carbocycles. The molecular weight excluding hydrogens is 394 g/mol. The van der Waals surface area contributed by atoms with Gasteiger partial charge in [0.05, 0.1) is 16.5 Å². The minimum atomic E-state index is -0.625. The molecule has 24 heavy (non-hydrogen) atoms. The van der Waals surface area contributed by atoms with Gasteiger partial charge in [0.25, 0.3) is 0 Å². The zero-order chi connectivity index (χ0) is 17.5. The molecule has 0 unspecified atom stereocenters. The van der Waals surface area contributed by atoms with Gasteiger partial charge >= 0.3 is 5.97 Å². The Morgan fingerprint density at radius 3 is 2.83 bits per heavy atom. The fourth-order valence-corrected chi connectivity index (χ4v) is 3.77. The predicted octanol–water partition coefficient (Wildman–Crippen LogP) is 3.17. The molecule has 0 saturated heterocycles. The van der Waals surface area contributed by atoms with Crippen LogP contribution in [0.25, 0.3) is 0 Å². The third-order valence-corrected chi connectivity index (χ3v) is 4.88. The number of thiophene rings is 1. The van der Waals surface area contributed by atoms with E-state index < -0.39 is 12.1 Å². The summed E-state index contributed by atoms with van der Waals surface area (Å²) in [6.45, 7) is 1.42. The molecule has 2 rings (SSSR count). The van der Waals surface area contributed by atoms with E-state index in [-0.39, 0.29) is 6.61 Å². The van der Waals surface area contributed by atoms with Gasteiger partial charge in [0, 0.05) is 18.0 Å². The molecule has 0 fully saturated rings. The lowest BCUT2D eigenvalue weighted by atomic mass is 10.2. The maximum atomic E-state index is 11.5. The smallest absolute Gasteiger partial charge is 0.337 e. The van der Waals surface area contributed by atoms with Crippen molar-refractivity contribution in [2.24, 2.45) is 0 Å². The topological polar surface area (TPSA) is 59.0 Å². The van der Waals surface area contributed by atoms with Crippen molar-refractivity contribution in [1.82, 2.24) is 4.90 Å². The average molecular weight is 414 g/mol. The van der Waals surface area contributed by atoms with Gasteiger partial charge in [0.1, 0.15) is 18.5 Å². The number of hydrogen-bond donors (Lipinski definition) is 1. The molecule has 0 saturated carbocycles. The zero-order valence-corrected chi connectivity index (χ0v) is 16.0. The Morgan fingerprint density at radius 2 is 2.17 bits per heavy atom. The van der Waals surface area contributed by atoms with E-state index >= 15 is 0 Å². The fraction of sp³-hybridized carbons (Fsp3) is 0.353. The number of esters is 1. The largest absolute Gasteiger partial charge is 0.491 e. The second kappa shape index (κ2) is 9.17. The monoisotopic (exact) mass is 413 g/mol. The van der Waals surface area contributed by atoms with E-state index in [0.717, 1.165) is 10.3 Å². The second-order valence-electron chi connectivity index (χ2n) is 5.39. The highest BCUT2D eigenvalue weighted by atomic mass is 79.9. The Hall–Kier alpha value is -1.41. The number of halogens is 1. The summed E-state index contributed by atoms with van der Waals surface area (Å²) in [6.07, 6.45) is -0.625. The van der Waals surface area contributed by atoms with Crippen LogP contribution in [0.3, 0.4) is 0 Å². The summed E-state index contributed by atoms with van der Waals surface area (Å²) in [5, 5.41) is 10.1. The molecule has 0 amide bonds. The zero-order valence-electron chi connectivity index (χ0n) is 13.6. The summed E-state index contributed by atoms with van der Waals surface area (Å²) in [4.78, 5) is 14.8. The summed E-state index contributed by atoms with van der Waals surface area (Å²) in [5.74, 6) is 0.115. The number of benzene rings is 1. The van der Waals surface area contributed by atoms with Gasteiger partial charge in [-0.25, -0.2) is 4.79 Å². The van der Waals surface area contributed by atoms with Gasteiger partial charge in [0.15, 0.2) is 0 Å². The Kier molecular flexibility index (Phi) is 7.23. The molecule has 7 heteroatoms. The van der Waals surface area contributed by atoms with Crippen LogP contribution in [0.1, 0.15) is 15.2 Å². The summed E-state index contributed by atoms with van der Waals surface area (Å²) < 4.78 is 11.3. The fourth-order valence-electron chi connectivity index (χ4n) is 2.20. The van der Waals surface area contributed by atoms with Crippen LogP contribution < -0.4 is 4.74 Å². The normalized spacial score (nSPS) is 12.2. The van der Waals surface area contributed by atoms with E-state index in [4.69, 9.17) is 4.74 Å². The van der Waals surface area contributed by atoms with Crippen LogP contribution in [0.4, 0.5) is 0 Å². The maximum absolute atomic E-state index is 11.5. The molecule has 1 aromatic carbocycles. The van der Waals surface area contributed by atoms with Crippen molar-refractivity contribution in [2.75, 3.05) is 27.3 Å². The molecular formula is C17H20BrNO4S. The maximum Gasteiger partial charge on any atom is 0.337 e. The lowest BCUT2D eigenvalue weighted by Crippen LogP contribution is -2.32. The van der Waals surface area contributed by atoms with Gasteiger partial charge in [-0.05, 0) is 53.3 Å². The SMILES string of the molecule is COC(=O)c1cccc(OC[C@@H](O)CN(C)Cc2ccc(Br)s2)c1. The number of nitrogens with zero attached hydrogens (tertiary/aromatic N) is 1. The highest BCUT2D eigenvalue weighted by Gasteiger charge is 2.12. The molecule has 0 aliphatic heterocycles.